The van der Waals surface area contributed by atoms with E-state index in [4.69, 9.17) is 4.74 Å². The minimum atomic E-state index is -0.148. The van der Waals surface area contributed by atoms with Crippen LogP contribution in [0.15, 0.2) is 5.51 Å². The van der Waals surface area contributed by atoms with E-state index in [1.165, 1.54) is 43.6 Å². The van der Waals surface area contributed by atoms with E-state index >= 15 is 0 Å². The number of amides is 2. The smallest absolute Gasteiger partial charge is 0.263 e. The fraction of sp³-hybridized carbons (Fsp3) is 0.750. The molecule has 1 atom stereocenters. The first-order valence-corrected chi connectivity index (χ1v) is 11.3. The molecule has 1 aromatic rings. The number of likely N-dealkylation sites (tertiary alicyclic amines) is 1. The number of nitrogens with one attached hydrogen (secondary N) is 1. The Bertz CT molecular complexity index is 697. The fourth-order valence-electron chi connectivity index (χ4n) is 4.12. The van der Waals surface area contributed by atoms with Crippen molar-refractivity contribution in [2.24, 2.45) is 11.8 Å². The van der Waals surface area contributed by atoms with Gasteiger partial charge in [0.15, 0.2) is 0 Å². The summed E-state index contributed by atoms with van der Waals surface area (Å²) in [6.45, 7) is 7.32. The minimum Gasteiger partial charge on any atom is -0.365 e. The van der Waals surface area contributed by atoms with Gasteiger partial charge in [0.1, 0.15) is 11.5 Å². The first-order chi connectivity index (χ1) is 13.6. The topological polar surface area (TPSA) is 74.8 Å². The number of thiazole rings is 1. The Balaban J connectivity index is 1.21. The second kappa shape index (κ2) is 8.88. The molecule has 3 fully saturated rings. The van der Waals surface area contributed by atoms with Gasteiger partial charge in [-0.1, -0.05) is 0 Å². The molecule has 28 heavy (non-hydrogen) atoms. The largest absolute Gasteiger partial charge is 0.365 e. The number of carbonyl (C=O) groups is 2. The van der Waals surface area contributed by atoms with Crippen LogP contribution in [0.1, 0.15) is 41.0 Å². The number of rotatable bonds is 7. The van der Waals surface area contributed by atoms with Gasteiger partial charge in [-0.25, -0.2) is 4.98 Å². The van der Waals surface area contributed by atoms with Crippen LogP contribution < -0.4 is 5.32 Å². The van der Waals surface area contributed by atoms with Crippen LogP contribution >= 0.6 is 11.3 Å². The van der Waals surface area contributed by atoms with Crippen LogP contribution in [0.3, 0.4) is 0 Å². The molecule has 4 rings (SSSR count). The molecule has 3 aliphatic rings. The second-order valence-corrected chi connectivity index (χ2v) is 9.25. The van der Waals surface area contributed by atoms with Gasteiger partial charge in [-0.15, -0.1) is 11.3 Å². The number of nitrogens with zero attached hydrogens (tertiary/aromatic N) is 3. The Kier molecular flexibility index (Phi) is 6.28. The Morgan fingerprint density at radius 2 is 2.00 bits per heavy atom. The van der Waals surface area contributed by atoms with Crippen molar-refractivity contribution in [3.63, 3.8) is 0 Å². The molecule has 0 radical (unpaired) electrons. The maximum Gasteiger partial charge on any atom is 0.263 e. The molecule has 1 saturated carbocycles. The predicted molar refractivity (Wildman–Crippen MR) is 107 cm³/mol. The number of hydrogen-bond donors (Lipinski definition) is 1. The number of ether oxygens (including phenoxy) is 1. The van der Waals surface area contributed by atoms with Crippen LogP contribution in [0.5, 0.6) is 0 Å². The van der Waals surface area contributed by atoms with Gasteiger partial charge < -0.3 is 19.9 Å². The minimum absolute atomic E-state index is 0.0706. The molecule has 7 nitrogen and oxygen atoms in total. The fourth-order valence-corrected chi connectivity index (χ4v) is 4.83. The van der Waals surface area contributed by atoms with Gasteiger partial charge in [0.2, 0.25) is 5.91 Å². The van der Waals surface area contributed by atoms with Gasteiger partial charge in [-0.2, -0.15) is 0 Å². The Morgan fingerprint density at radius 1 is 1.25 bits per heavy atom. The number of carbonyl (C=O) groups excluding carboxylic acids is 2. The molecule has 8 heteroatoms. The average Bonchev–Trinajstić information content (AvgIpc) is 3.41. The van der Waals surface area contributed by atoms with Crippen molar-refractivity contribution >= 4 is 23.2 Å². The van der Waals surface area contributed by atoms with Crippen molar-refractivity contribution < 1.29 is 14.3 Å². The summed E-state index contributed by atoms with van der Waals surface area (Å²) in [6.07, 6.45) is 5.00. The SMILES string of the molecule is Cc1ncsc1C(=O)NC[C@H]1CN(CC2CCN(CC3CC3)CC2)C(=O)CO1. The van der Waals surface area contributed by atoms with Gasteiger partial charge in [0, 0.05) is 26.2 Å². The molecule has 2 saturated heterocycles. The van der Waals surface area contributed by atoms with Crippen LogP contribution in [-0.2, 0) is 9.53 Å². The van der Waals surface area contributed by atoms with Crippen LogP contribution in [0.25, 0.3) is 0 Å². The zero-order valence-corrected chi connectivity index (χ0v) is 17.4. The summed E-state index contributed by atoms with van der Waals surface area (Å²) < 4.78 is 5.65. The molecule has 0 unspecified atom stereocenters. The molecular weight excluding hydrogens is 376 g/mol. The second-order valence-electron chi connectivity index (χ2n) is 8.40. The summed E-state index contributed by atoms with van der Waals surface area (Å²) in [6, 6.07) is 0. The highest BCUT2D eigenvalue weighted by molar-refractivity contribution is 7.11. The number of morpholine rings is 1. The van der Waals surface area contributed by atoms with Crippen molar-refractivity contribution in [3.05, 3.63) is 16.1 Å². The molecule has 0 bridgehead atoms. The molecule has 1 N–H and O–H groups in total. The van der Waals surface area contributed by atoms with Crippen molar-refractivity contribution in [1.29, 1.82) is 0 Å². The zero-order valence-electron chi connectivity index (χ0n) is 16.6. The molecule has 0 spiro atoms. The highest BCUT2D eigenvalue weighted by atomic mass is 32.1. The van der Waals surface area contributed by atoms with E-state index in [2.05, 4.69) is 15.2 Å². The summed E-state index contributed by atoms with van der Waals surface area (Å²) in [5.74, 6) is 1.48. The molecule has 2 aliphatic heterocycles. The van der Waals surface area contributed by atoms with Gasteiger partial charge in [0.25, 0.3) is 5.91 Å². The van der Waals surface area contributed by atoms with E-state index in [1.54, 1.807) is 5.51 Å². The monoisotopic (exact) mass is 406 g/mol. The zero-order chi connectivity index (χ0) is 19.5. The van der Waals surface area contributed by atoms with Crippen LogP contribution in [-0.4, -0.2) is 78.6 Å². The van der Waals surface area contributed by atoms with E-state index in [0.717, 1.165) is 31.2 Å². The third kappa shape index (κ3) is 5.10. The Morgan fingerprint density at radius 3 is 2.68 bits per heavy atom. The molecule has 154 valence electrons. The summed E-state index contributed by atoms with van der Waals surface area (Å²) in [7, 11) is 0. The number of aromatic nitrogens is 1. The standard InChI is InChI=1S/C20H30N4O3S/c1-14-19(28-13-22-14)20(26)21-8-17-11-24(18(25)12-27-17)10-16-4-6-23(7-5-16)9-15-2-3-15/h13,15-17H,2-12H2,1H3,(H,21,26)/t17-/m0/s1. The molecule has 1 aromatic heterocycles. The lowest BCUT2D eigenvalue weighted by Crippen LogP contribution is -2.52. The van der Waals surface area contributed by atoms with Crippen molar-refractivity contribution in [1.82, 2.24) is 20.1 Å². The van der Waals surface area contributed by atoms with Gasteiger partial charge >= 0.3 is 0 Å². The summed E-state index contributed by atoms with van der Waals surface area (Å²) >= 11 is 1.34. The van der Waals surface area contributed by atoms with E-state index in [-0.39, 0.29) is 24.5 Å². The van der Waals surface area contributed by atoms with E-state index in [9.17, 15) is 9.59 Å². The molecule has 0 aromatic carbocycles. The van der Waals surface area contributed by atoms with Gasteiger partial charge in [-0.05, 0) is 57.5 Å². The van der Waals surface area contributed by atoms with Crippen molar-refractivity contribution in [2.45, 2.75) is 38.7 Å². The normalized spacial score (nSPS) is 24.5. The summed E-state index contributed by atoms with van der Waals surface area (Å²) in [4.78, 5) is 33.9. The van der Waals surface area contributed by atoms with E-state index in [0.29, 0.717) is 23.9 Å². The van der Waals surface area contributed by atoms with Crippen molar-refractivity contribution in [2.75, 3.05) is 45.9 Å². The number of hydrogen-bond acceptors (Lipinski definition) is 6. The van der Waals surface area contributed by atoms with Gasteiger partial charge in [0.05, 0.1) is 17.3 Å². The van der Waals surface area contributed by atoms with Crippen molar-refractivity contribution in [3.8, 4) is 0 Å². The Labute approximate surface area is 170 Å². The first-order valence-electron chi connectivity index (χ1n) is 10.4. The summed E-state index contributed by atoms with van der Waals surface area (Å²) in [5, 5.41) is 2.93. The summed E-state index contributed by atoms with van der Waals surface area (Å²) in [5.41, 5.74) is 2.43. The molecule has 2 amide bonds. The maximum absolute atomic E-state index is 12.3. The maximum atomic E-state index is 12.3. The van der Waals surface area contributed by atoms with Gasteiger partial charge in [-0.3, -0.25) is 9.59 Å². The highest BCUT2D eigenvalue weighted by Crippen LogP contribution is 2.31. The molecule has 3 heterocycles. The van der Waals surface area contributed by atoms with E-state index < -0.39 is 0 Å². The van der Waals surface area contributed by atoms with Crippen LogP contribution in [0.2, 0.25) is 0 Å². The third-order valence-electron chi connectivity index (χ3n) is 6.06. The predicted octanol–water partition coefficient (Wildman–Crippen LogP) is 1.53. The highest BCUT2D eigenvalue weighted by Gasteiger charge is 2.31. The quantitative estimate of drug-likeness (QED) is 0.743. The third-order valence-corrected chi connectivity index (χ3v) is 6.99. The lowest BCUT2D eigenvalue weighted by atomic mass is 9.95. The molecule has 1 aliphatic carbocycles. The van der Waals surface area contributed by atoms with Crippen LogP contribution in [0.4, 0.5) is 0 Å². The first kappa shape index (κ1) is 19.8. The van der Waals surface area contributed by atoms with E-state index in [1.807, 2.05) is 11.8 Å². The average molecular weight is 407 g/mol. The lowest BCUT2D eigenvalue weighted by Gasteiger charge is -2.38. The number of piperidine rings is 1. The Hall–Kier alpha value is -1.51. The lowest BCUT2D eigenvalue weighted by molar-refractivity contribution is -0.149. The molecular formula is C20H30N4O3S. The van der Waals surface area contributed by atoms with Crippen LogP contribution in [0, 0.1) is 18.8 Å². The number of aryl methyl sites for hydroxylation is 1.